The summed E-state index contributed by atoms with van der Waals surface area (Å²) >= 11 is 5.86. The minimum atomic E-state index is -4.12. The Morgan fingerprint density at radius 1 is 1.42 bits per heavy atom. The summed E-state index contributed by atoms with van der Waals surface area (Å²) in [5.41, 5.74) is 5.80. The maximum Gasteiger partial charge on any atom is 0.391 e. The Hall–Kier alpha value is -1.50. The molecule has 0 radical (unpaired) electrons. The molecule has 1 aromatic heterocycles. The minimum absolute atomic E-state index is 0.0507. The van der Waals surface area contributed by atoms with Crippen LogP contribution in [0.4, 0.5) is 19.0 Å². The van der Waals surface area contributed by atoms with Gasteiger partial charge in [0.15, 0.2) is 0 Å². The molecule has 24 heavy (non-hydrogen) atoms. The van der Waals surface area contributed by atoms with Crippen molar-refractivity contribution < 1.29 is 18.0 Å². The van der Waals surface area contributed by atoms with E-state index in [1.54, 1.807) is 0 Å². The second kappa shape index (κ2) is 7.59. The number of hydrogen-bond acceptors (Lipinski definition) is 3. The summed E-state index contributed by atoms with van der Waals surface area (Å²) in [6.45, 7) is 1.91. The van der Waals surface area contributed by atoms with E-state index in [1.807, 2.05) is 6.92 Å². The van der Waals surface area contributed by atoms with E-state index in [0.29, 0.717) is 19.3 Å². The van der Waals surface area contributed by atoms with Gasteiger partial charge in [-0.05, 0) is 44.1 Å². The van der Waals surface area contributed by atoms with E-state index in [-0.39, 0.29) is 47.1 Å². The number of nitrogens with one attached hydrogen (secondary N) is 1. The number of carbonyl (C=O) groups is 1. The summed E-state index contributed by atoms with van der Waals surface area (Å²) in [6.07, 6.45) is -0.964. The van der Waals surface area contributed by atoms with Crippen LogP contribution in [0, 0.1) is 11.8 Å². The predicted octanol–water partition coefficient (Wildman–Crippen LogP) is 4.19. The summed E-state index contributed by atoms with van der Waals surface area (Å²) in [5.74, 6) is -1.36. The molecule has 0 bridgehead atoms. The summed E-state index contributed by atoms with van der Waals surface area (Å²) in [5, 5.41) is 3.09. The molecular formula is C16H21ClF3N3O. The molecule has 1 aromatic rings. The first kappa shape index (κ1) is 18.8. The van der Waals surface area contributed by atoms with Gasteiger partial charge in [0.1, 0.15) is 5.82 Å². The molecule has 1 atom stereocenters. The van der Waals surface area contributed by atoms with Crippen molar-refractivity contribution in [2.24, 2.45) is 11.8 Å². The lowest BCUT2D eigenvalue weighted by Crippen LogP contribution is -2.42. The van der Waals surface area contributed by atoms with Gasteiger partial charge in [-0.1, -0.05) is 18.5 Å². The zero-order chi connectivity index (χ0) is 17.9. The molecule has 1 fully saturated rings. The monoisotopic (exact) mass is 363 g/mol. The Kier molecular flexibility index (Phi) is 5.96. The third-order valence-corrected chi connectivity index (χ3v) is 4.99. The van der Waals surface area contributed by atoms with Crippen molar-refractivity contribution in [1.82, 2.24) is 10.3 Å². The number of carbonyl (C=O) groups excluding carboxylic acids is 1. The van der Waals surface area contributed by atoms with Gasteiger partial charge < -0.3 is 11.1 Å². The van der Waals surface area contributed by atoms with E-state index in [2.05, 4.69) is 10.3 Å². The number of amides is 1. The summed E-state index contributed by atoms with van der Waals surface area (Å²) in [7, 11) is 0. The van der Waals surface area contributed by atoms with Crippen LogP contribution >= 0.6 is 11.6 Å². The molecule has 1 aliphatic carbocycles. The van der Waals surface area contributed by atoms with E-state index < -0.39 is 12.1 Å². The van der Waals surface area contributed by atoms with Gasteiger partial charge in [-0.3, -0.25) is 4.79 Å². The molecule has 0 aromatic carbocycles. The van der Waals surface area contributed by atoms with Crippen molar-refractivity contribution in [2.75, 3.05) is 5.73 Å². The van der Waals surface area contributed by atoms with Crippen LogP contribution < -0.4 is 11.1 Å². The maximum atomic E-state index is 12.8. The van der Waals surface area contributed by atoms with Crippen molar-refractivity contribution in [1.29, 1.82) is 0 Å². The molecule has 8 heteroatoms. The van der Waals surface area contributed by atoms with Crippen LogP contribution in [0.25, 0.3) is 0 Å². The molecule has 3 N–H and O–H groups in total. The van der Waals surface area contributed by atoms with Crippen molar-refractivity contribution in [3.8, 4) is 0 Å². The van der Waals surface area contributed by atoms with Gasteiger partial charge in [0.05, 0.1) is 16.5 Å². The lowest BCUT2D eigenvalue weighted by molar-refractivity contribution is -0.184. The Bertz CT molecular complexity index is 586. The molecule has 1 unspecified atom stereocenters. The normalized spacial score (nSPS) is 22.9. The lowest BCUT2D eigenvalue weighted by Gasteiger charge is -2.34. The number of alkyl halides is 3. The molecule has 134 valence electrons. The van der Waals surface area contributed by atoms with Crippen LogP contribution in [0.2, 0.25) is 5.02 Å². The van der Waals surface area contributed by atoms with E-state index in [4.69, 9.17) is 17.3 Å². The minimum Gasteiger partial charge on any atom is -0.382 e. The molecule has 0 saturated heterocycles. The Morgan fingerprint density at radius 3 is 2.54 bits per heavy atom. The fraction of sp³-hybridized carbons (Fsp3) is 0.625. The molecule has 1 heterocycles. The SMILES string of the molecule is CCC(NC(=O)c1cnc(N)c(Cl)c1)C1CCC(C(F)(F)F)CC1. The van der Waals surface area contributed by atoms with E-state index in [1.165, 1.54) is 12.3 Å². The summed E-state index contributed by atoms with van der Waals surface area (Å²) in [6, 6.07) is 1.27. The lowest BCUT2D eigenvalue weighted by atomic mass is 9.77. The van der Waals surface area contributed by atoms with Crippen molar-refractivity contribution >= 4 is 23.3 Å². The Balaban J connectivity index is 1.97. The van der Waals surface area contributed by atoms with Crippen molar-refractivity contribution in [2.45, 2.75) is 51.2 Å². The van der Waals surface area contributed by atoms with Crippen LogP contribution in [0.3, 0.4) is 0 Å². The standard InChI is InChI=1S/C16H21ClF3N3O/c1-2-13(9-3-5-11(6-4-9)16(18,19)20)23-15(24)10-7-12(17)14(21)22-8-10/h7-9,11,13H,2-6H2,1H3,(H2,21,22)(H,23,24). The topological polar surface area (TPSA) is 68.0 Å². The molecule has 0 spiro atoms. The number of nitrogens with two attached hydrogens (primary N) is 1. The Labute approximate surface area is 144 Å². The molecule has 1 saturated carbocycles. The summed E-state index contributed by atoms with van der Waals surface area (Å²) in [4.78, 5) is 16.2. The Morgan fingerprint density at radius 2 is 2.04 bits per heavy atom. The average molecular weight is 364 g/mol. The van der Waals surface area contributed by atoms with Crippen LogP contribution in [0.15, 0.2) is 12.3 Å². The van der Waals surface area contributed by atoms with Gasteiger partial charge in [-0.2, -0.15) is 13.2 Å². The van der Waals surface area contributed by atoms with Gasteiger partial charge >= 0.3 is 6.18 Å². The fourth-order valence-corrected chi connectivity index (χ4v) is 3.39. The quantitative estimate of drug-likeness (QED) is 0.842. The van der Waals surface area contributed by atoms with Crippen LogP contribution in [0.1, 0.15) is 49.4 Å². The smallest absolute Gasteiger partial charge is 0.382 e. The molecule has 4 nitrogen and oxygen atoms in total. The third-order valence-electron chi connectivity index (χ3n) is 4.69. The van der Waals surface area contributed by atoms with Gasteiger partial charge in [0, 0.05) is 12.2 Å². The number of anilines is 1. The number of nitrogens with zero attached hydrogens (tertiary/aromatic N) is 1. The summed E-state index contributed by atoms with van der Waals surface area (Å²) < 4.78 is 38.3. The molecule has 1 amide bonds. The van der Waals surface area contributed by atoms with E-state index in [9.17, 15) is 18.0 Å². The number of pyridine rings is 1. The van der Waals surface area contributed by atoms with Gasteiger partial charge in [0.25, 0.3) is 5.91 Å². The second-order valence-electron chi connectivity index (χ2n) is 6.23. The van der Waals surface area contributed by atoms with Crippen molar-refractivity contribution in [3.05, 3.63) is 22.8 Å². The molecular weight excluding hydrogens is 343 g/mol. The van der Waals surface area contributed by atoms with Crippen molar-refractivity contribution in [3.63, 3.8) is 0 Å². The highest BCUT2D eigenvalue weighted by atomic mass is 35.5. The van der Waals surface area contributed by atoms with Gasteiger partial charge in [0.2, 0.25) is 0 Å². The first-order chi connectivity index (χ1) is 11.2. The average Bonchev–Trinajstić information content (AvgIpc) is 2.54. The third kappa shape index (κ3) is 4.53. The second-order valence-corrected chi connectivity index (χ2v) is 6.64. The van der Waals surface area contributed by atoms with E-state index >= 15 is 0 Å². The van der Waals surface area contributed by atoms with Crippen LogP contribution in [-0.4, -0.2) is 23.1 Å². The van der Waals surface area contributed by atoms with E-state index in [0.717, 1.165) is 0 Å². The fourth-order valence-electron chi connectivity index (χ4n) is 3.23. The van der Waals surface area contributed by atoms with Gasteiger partial charge in [-0.15, -0.1) is 0 Å². The number of rotatable bonds is 4. The number of halogens is 4. The predicted molar refractivity (Wildman–Crippen MR) is 86.7 cm³/mol. The number of aromatic nitrogens is 1. The van der Waals surface area contributed by atoms with Gasteiger partial charge in [-0.25, -0.2) is 4.98 Å². The maximum absolute atomic E-state index is 12.8. The van der Waals surface area contributed by atoms with Crippen LogP contribution in [-0.2, 0) is 0 Å². The largest absolute Gasteiger partial charge is 0.391 e. The molecule has 1 aliphatic rings. The number of nitrogen functional groups attached to an aromatic ring is 1. The highest BCUT2D eigenvalue weighted by molar-refractivity contribution is 6.33. The molecule has 2 rings (SSSR count). The highest BCUT2D eigenvalue weighted by Gasteiger charge is 2.42. The first-order valence-corrected chi connectivity index (χ1v) is 8.38. The zero-order valence-corrected chi connectivity index (χ0v) is 14.1. The molecule has 0 aliphatic heterocycles. The van der Waals surface area contributed by atoms with Crippen LogP contribution in [0.5, 0.6) is 0 Å². The highest BCUT2D eigenvalue weighted by Crippen LogP contribution is 2.40. The zero-order valence-electron chi connectivity index (χ0n) is 13.4. The number of hydrogen-bond donors (Lipinski definition) is 2. The first-order valence-electron chi connectivity index (χ1n) is 8.01.